The van der Waals surface area contributed by atoms with Crippen LogP contribution >= 0.6 is 0 Å². The molecule has 27 heavy (non-hydrogen) atoms. The summed E-state index contributed by atoms with van der Waals surface area (Å²) in [6.07, 6.45) is 0.301. The summed E-state index contributed by atoms with van der Waals surface area (Å²) in [6, 6.07) is 6.77. The van der Waals surface area contributed by atoms with Gasteiger partial charge in [0.15, 0.2) is 0 Å². The third kappa shape index (κ3) is 4.74. The lowest BCUT2D eigenvalue weighted by Crippen LogP contribution is -2.30. The van der Waals surface area contributed by atoms with Gasteiger partial charge in [0.05, 0.1) is 6.10 Å². The molecule has 1 aromatic carbocycles. The summed E-state index contributed by atoms with van der Waals surface area (Å²) in [5.74, 6) is -1.01. The molecule has 1 aromatic heterocycles. The molecule has 1 unspecified atom stereocenters. The van der Waals surface area contributed by atoms with E-state index in [0.717, 1.165) is 0 Å². The molecule has 1 amide bonds. The van der Waals surface area contributed by atoms with Crippen LogP contribution in [0.2, 0.25) is 0 Å². The average molecular weight is 397 g/mol. The summed E-state index contributed by atoms with van der Waals surface area (Å²) >= 11 is 0. The zero-order valence-corrected chi connectivity index (χ0v) is 16.3. The number of halogens is 1. The van der Waals surface area contributed by atoms with E-state index in [1.54, 1.807) is 27.0 Å². The van der Waals surface area contributed by atoms with Gasteiger partial charge in [-0.1, -0.05) is 26.0 Å². The molecule has 2 N–H and O–H groups in total. The molecule has 0 aliphatic carbocycles. The maximum Gasteiger partial charge on any atom is 0.268 e. The monoisotopic (exact) mass is 397 g/mol. The van der Waals surface area contributed by atoms with Crippen LogP contribution in [0.5, 0.6) is 0 Å². The molecule has 1 atom stereocenters. The first kappa shape index (κ1) is 21.1. The lowest BCUT2D eigenvalue weighted by Gasteiger charge is -2.17. The summed E-state index contributed by atoms with van der Waals surface area (Å²) in [7, 11) is -2.11. The predicted octanol–water partition coefficient (Wildman–Crippen LogP) is 1.66. The second-order valence-electron chi connectivity index (χ2n) is 6.04. The predicted molar refractivity (Wildman–Crippen MR) is 99.2 cm³/mol. The second-order valence-corrected chi connectivity index (χ2v) is 7.98. The van der Waals surface area contributed by atoms with Crippen molar-refractivity contribution < 1.29 is 22.7 Å². The highest BCUT2D eigenvalue weighted by Gasteiger charge is 2.25. The summed E-state index contributed by atoms with van der Waals surface area (Å²) in [5, 5.41) is 12.6. The van der Waals surface area contributed by atoms with Gasteiger partial charge in [0.1, 0.15) is 16.4 Å². The largest absolute Gasteiger partial charge is 0.387 e. The average Bonchev–Trinajstić information content (AvgIpc) is 3.03. The Morgan fingerprint density at radius 3 is 2.56 bits per heavy atom. The molecule has 0 aliphatic heterocycles. The maximum absolute atomic E-state index is 13.2. The third-order valence-electron chi connectivity index (χ3n) is 4.25. The van der Waals surface area contributed by atoms with E-state index in [1.807, 2.05) is 0 Å². The normalized spacial score (nSPS) is 13.0. The molecule has 0 radical (unpaired) electrons. The number of carbonyl (C=O) groups is 1. The standard InChI is InChI=1S/C18H24FN3O4S/c1-4-22(5-2)27(25,26)15-10-16(21(3)12-15)18(24)20-11-17(23)13-7-6-8-14(19)9-13/h6-10,12,17,23H,4-5,11H2,1-3H3,(H,20,24). The number of hydrogen-bond acceptors (Lipinski definition) is 4. The summed E-state index contributed by atoms with van der Waals surface area (Å²) in [4.78, 5) is 12.4. The SMILES string of the molecule is CCN(CC)S(=O)(=O)c1cc(C(=O)NCC(O)c2cccc(F)c2)n(C)c1. The van der Waals surface area contributed by atoms with E-state index in [-0.39, 0.29) is 17.1 Å². The van der Waals surface area contributed by atoms with Crippen molar-refractivity contribution >= 4 is 15.9 Å². The fourth-order valence-electron chi connectivity index (χ4n) is 2.73. The molecule has 0 saturated carbocycles. The number of rotatable bonds is 8. The molecule has 0 aliphatic rings. The fourth-order valence-corrected chi connectivity index (χ4v) is 4.26. The van der Waals surface area contributed by atoms with Gasteiger partial charge in [-0.2, -0.15) is 4.31 Å². The Morgan fingerprint density at radius 2 is 1.96 bits per heavy atom. The number of aliphatic hydroxyl groups is 1. The van der Waals surface area contributed by atoms with Crippen molar-refractivity contribution in [1.82, 2.24) is 14.2 Å². The minimum atomic E-state index is -3.67. The van der Waals surface area contributed by atoms with Gasteiger partial charge in [0, 0.05) is 32.9 Å². The summed E-state index contributed by atoms with van der Waals surface area (Å²) < 4.78 is 41.1. The molecule has 2 aromatic rings. The van der Waals surface area contributed by atoms with Gasteiger partial charge in [-0.3, -0.25) is 4.79 Å². The number of aryl methyl sites for hydroxylation is 1. The van der Waals surface area contributed by atoms with Crippen molar-refractivity contribution in [3.8, 4) is 0 Å². The van der Waals surface area contributed by atoms with Crippen molar-refractivity contribution in [3.63, 3.8) is 0 Å². The zero-order chi connectivity index (χ0) is 20.2. The maximum atomic E-state index is 13.2. The molecular weight excluding hydrogens is 373 g/mol. The van der Waals surface area contributed by atoms with Crippen LogP contribution < -0.4 is 5.32 Å². The molecule has 1 heterocycles. The Labute approximate surface area is 158 Å². The van der Waals surface area contributed by atoms with E-state index < -0.39 is 27.9 Å². The van der Waals surface area contributed by atoms with E-state index in [9.17, 15) is 22.7 Å². The van der Waals surface area contributed by atoms with Crippen LogP contribution in [0.15, 0.2) is 41.4 Å². The topological polar surface area (TPSA) is 91.6 Å². The van der Waals surface area contributed by atoms with Crippen molar-refractivity contribution in [1.29, 1.82) is 0 Å². The molecule has 0 spiro atoms. The van der Waals surface area contributed by atoms with E-state index in [2.05, 4.69) is 5.32 Å². The van der Waals surface area contributed by atoms with Crippen molar-refractivity contribution in [2.75, 3.05) is 19.6 Å². The zero-order valence-electron chi connectivity index (χ0n) is 15.5. The number of nitrogens with zero attached hydrogens (tertiary/aromatic N) is 2. The number of benzene rings is 1. The van der Waals surface area contributed by atoms with Crippen LogP contribution in [0, 0.1) is 5.82 Å². The molecule has 9 heteroatoms. The smallest absolute Gasteiger partial charge is 0.268 e. The summed E-state index contributed by atoms with van der Waals surface area (Å²) in [6.45, 7) is 4.01. The van der Waals surface area contributed by atoms with Crippen molar-refractivity contribution in [3.05, 3.63) is 53.6 Å². The Bertz CT molecular complexity index is 907. The number of nitrogens with one attached hydrogen (secondary N) is 1. The first-order chi connectivity index (χ1) is 12.7. The second kappa shape index (κ2) is 8.64. The molecule has 7 nitrogen and oxygen atoms in total. The van der Waals surface area contributed by atoms with Gasteiger partial charge >= 0.3 is 0 Å². The minimum Gasteiger partial charge on any atom is -0.387 e. The van der Waals surface area contributed by atoms with Crippen LogP contribution in [0.3, 0.4) is 0 Å². The number of carbonyl (C=O) groups excluding carboxylic acids is 1. The van der Waals surface area contributed by atoms with Crippen molar-refractivity contribution in [2.45, 2.75) is 24.8 Å². The number of sulfonamides is 1. The fraction of sp³-hybridized carbons (Fsp3) is 0.389. The lowest BCUT2D eigenvalue weighted by atomic mass is 10.1. The van der Waals surface area contributed by atoms with Crippen LogP contribution in [0.1, 0.15) is 36.0 Å². The van der Waals surface area contributed by atoms with Crippen LogP contribution in [0.4, 0.5) is 4.39 Å². The Kier molecular flexibility index (Phi) is 6.74. The van der Waals surface area contributed by atoms with Gasteiger partial charge in [-0.15, -0.1) is 0 Å². The van der Waals surface area contributed by atoms with Gasteiger partial charge in [0.25, 0.3) is 5.91 Å². The van der Waals surface area contributed by atoms with E-state index >= 15 is 0 Å². The van der Waals surface area contributed by atoms with E-state index in [0.29, 0.717) is 18.7 Å². The Hall–Kier alpha value is -2.23. The molecule has 2 rings (SSSR count). The Balaban J connectivity index is 2.12. The highest BCUT2D eigenvalue weighted by Crippen LogP contribution is 2.19. The number of aromatic nitrogens is 1. The first-order valence-electron chi connectivity index (χ1n) is 8.58. The van der Waals surface area contributed by atoms with Crippen molar-refractivity contribution in [2.24, 2.45) is 7.05 Å². The van der Waals surface area contributed by atoms with Gasteiger partial charge in [-0.05, 0) is 23.8 Å². The van der Waals surface area contributed by atoms with Crippen LogP contribution in [0.25, 0.3) is 0 Å². The minimum absolute atomic E-state index is 0.0320. The molecule has 0 fully saturated rings. The molecule has 0 bridgehead atoms. The summed E-state index contributed by atoms with van der Waals surface area (Å²) in [5.41, 5.74) is 0.485. The highest BCUT2D eigenvalue weighted by atomic mass is 32.2. The number of amides is 1. The number of aliphatic hydroxyl groups excluding tert-OH is 1. The van der Waals surface area contributed by atoms with E-state index in [1.165, 1.54) is 39.3 Å². The van der Waals surface area contributed by atoms with Crippen LogP contribution in [-0.4, -0.2) is 47.9 Å². The Morgan fingerprint density at radius 1 is 1.30 bits per heavy atom. The highest BCUT2D eigenvalue weighted by molar-refractivity contribution is 7.89. The quantitative estimate of drug-likeness (QED) is 0.709. The van der Waals surface area contributed by atoms with Gasteiger partial charge in [0.2, 0.25) is 10.0 Å². The van der Waals surface area contributed by atoms with Gasteiger partial charge in [-0.25, -0.2) is 12.8 Å². The molecule has 0 saturated heterocycles. The first-order valence-corrected chi connectivity index (χ1v) is 10.0. The van der Waals surface area contributed by atoms with E-state index in [4.69, 9.17) is 0 Å². The van der Waals surface area contributed by atoms with Crippen LogP contribution in [-0.2, 0) is 17.1 Å². The molecular formula is C18H24FN3O4S. The third-order valence-corrected chi connectivity index (χ3v) is 6.26. The molecule has 148 valence electrons. The van der Waals surface area contributed by atoms with Gasteiger partial charge < -0.3 is 15.0 Å². The lowest BCUT2D eigenvalue weighted by molar-refractivity contribution is 0.0908. The number of hydrogen-bond donors (Lipinski definition) is 2.